The van der Waals surface area contributed by atoms with E-state index >= 15 is 0 Å². The molecule has 0 unspecified atom stereocenters. The quantitative estimate of drug-likeness (QED) is 0.390. The minimum absolute atomic E-state index is 0.0406. The molecule has 6 nitrogen and oxygen atoms in total. The number of nitrogens with one attached hydrogen (secondary N) is 1. The van der Waals surface area contributed by atoms with E-state index in [4.69, 9.17) is 4.98 Å². The second kappa shape index (κ2) is 10.2. The molecule has 0 atom stereocenters. The third-order valence-corrected chi connectivity index (χ3v) is 8.34. The lowest BCUT2D eigenvalue weighted by Crippen LogP contribution is -2.42. The number of nitrogens with zero attached hydrogens (tertiary/aromatic N) is 3. The molecule has 1 aromatic carbocycles. The molecule has 0 saturated heterocycles. The summed E-state index contributed by atoms with van der Waals surface area (Å²) in [6, 6.07) is 11.8. The highest BCUT2D eigenvalue weighted by Crippen LogP contribution is 2.36. The zero-order valence-corrected chi connectivity index (χ0v) is 20.2. The Bertz CT molecular complexity index is 1160. The van der Waals surface area contributed by atoms with Crippen LogP contribution < -0.4 is 10.9 Å². The molecule has 1 saturated carbocycles. The maximum atomic E-state index is 13.6. The van der Waals surface area contributed by atoms with Crippen molar-refractivity contribution in [2.75, 3.05) is 13.1 Å². The molecule has 3 aromatic rings. The summed E-state index contributed by atoms with van der Waals surface area (Å²) >= 11 is 3.40. The third-order valence-electron chi connectivity index (χ3n) is 6.32. The van der Waals surface area contributed by atoms with Gasteiger partial charge < -0.3 is 10.2 Å². The number of thiophene rings is 1. The summed E-state index contributed by atoms with van der Waals surface area (Å²) in [6.07, 6.45) is 4.66. The molecule has 33 heavy (non-hydrogen) atoms. The Morgan fingerprint density at radius 2 is 2.06 bits per heavy atom. The van der Waals surface area contributed by atoms with E-state index in [1.807, 2.05) is 35.2 Å². The van der Waals surface area contributed by atoms with Crippen LogP contribution in [0.1, 0.15) is 42.5 Å². The van der Waals surface area contributed by atoms with E-state index in [9.17, 15) is 9.59 Å². The number of amides is 1. The lowest BCUT2D eigenvalue weighted by Gasteiger charge is -2.30. The summed E-state index contributed by atoms with van der Waals surface area (Å²) in [5.74, 6) is 0.0806. The molecule has 1 fully saturated rings. The van der Waals surface area contributed by atoms with E-state index in [0.717, 1.165) is 23.1 Å². The predicted molar refractivity (Wildman–Crippen MR) is 133 cm³/mol. The topological polar surface area (TPSA) is 67.2 Å². The fraction of sp³-hybridized carbons (Fsp3) is 0.400. The second-order valence-electron chi connectivity index (χ2n) is 8.59. The van der Waals surface area contributed by atoms with E-state index in [1.54, 1.807) is 27.7 Å². The molecule has 8 heteroatoms. The number of thioether (sulfide) groups is 1. The zero-order valence-electron chi connectivity index (χ0n) is 18.5. The monoisotopic (exact) mass is 480 g/mol. The third kappa shape index (κ3) is 5.08. The van der Waals surface area contributed by atoms with Crippen LogP contribution in [0.4, 0.5) is 0 Å². The van der Waals surface area contributed by atoms with Gasteiger partial charge >= 0.3 is 0 Å². The summed E-state index contributed by atoms with van der Waals surface area (Å²) in [4.78, 5) is 33.2. The highest BCUT2D eigenvalue weighted by molar-refractivity contribution is 7.99. The molecule has 5 rings (SSSR count). The molecule has 1 aliphatic carbocycles. The van der Waals surface area contributed by atoms with E-state index in [1.165, 1.54) is 24.8 Å². The van der Waals surface area contributed by atoms with Crippen molar-refractivity contribution in [3.8, 4) is 5.69 Å². The Labute approximate surface area is 202 Å². The smallest absolute Gasteiger partial charge is 0.264 e. The molecule has 1 aliphatic heterocycles. The highest BCUT2D eigenvalue weighted by Gasteiger charge is 2.28. The van der Waals surface area contributed by atoms with Crippen molar-refractivity contribution in [2.45, 2.75) is 55.6 Å². The van der Waals surface area contributed by atoms with Gasteiger partial charge in [-0.25, -0.2) is 4.98 Å². The van der Waals surface area contributed by atoms with Crippen LogP contribution in [-0.2, 0) is 24.3 Å². The number of rotatable bonds is 8. The maximum Gasteiger partial charge on any atom is 0.264 e. The van der Waals surface area contributed by atoms with Gasteiger partial charge in [0, 0.05) is 37.7 Å². The van der Waals surface area contributed by atoms with Crippen LogP contribution in [0.15, 0.2) is 57.1 Å². The number of aromatic nitrogens is 2. The molecule has 0 radical (unpaired) electrons. The molecular formula is C25H28N4O2S2. The standard InChI is InChI=1S/C25H28N4O2S2/c30-23(9-12-26-15-18-11-14-32-17-18)28-13-10-22-21(16-28)24(31)29(19-5-2-1-3-6-19)25(27-22)33-20-7-4-8-20/h1-3,5-6,11,14,17,20,26H,4,7-10,12-13,15-16H2. The van der Waals surface area contributed by atoms with Crippen molar-refractivity contribution in [2.24, 2.45) is 0 Å². The van der Waals surface area contributed by atoms with Crippen LogP contribution in [-0.4, -0.2) is 38.7 Å². The van der Waals surface area contributed by atoms with Gasteiger partial charge in [-0.05, 0) is 47.4 Å². The number of fused-ring (bicyclic) bond motifs is 1. The molecule has 0 spiro atoms. The first-order valence-electron chi connectivity index (χ1n) is 11.6. The van der Waals surface area contributed by atoms with Gasteiger partial charge in [0.15, 0.2) is 5.16 Å². The largest absolute Gasteiger partial charge is 0.338 e. The Morgan fingerprint density at radius 1 is 1.21 bits per heavy atom. The van der Waals surface area contributed by atoms with E-state index in [-0.39, 0.29) is 11.5 Å². The zero-order chi connectivity index (χ0) is 22.6. The molecule has 1 N–H and O–H groups in total. The number of benzene rings is 1. The van der Waals surface area contributed by atoms with Gasteiger partial charge in [-0.1, -0.05) is 36.4 Å². The van der Waals surface area contributed by atoms with Gasteiger partial charge in [-0.3, -0.25) is 14.2 Å². The first kappa shape index (κ1) is 22.4. The molecule has 1 amide bonds. The normalized spacial score (nSPS) is 15.8. The van der Waals surface area contributed by atoms with Gasteiger partial charge in [0.05, 0.1) is 23.5 Å². The Morgan fingerprint density at radius 3 is 2.79 bits per heavy atom. The number of carbonyl (C=O) groups excluding carboxylic acids is 1. The van der Waals surface area contributed by atoms with E-state index < -0.39 is 0 Å². The fourth-order valence-corrected chi connectivity index (χ4v) is 6.16. The SMILES string of the molecule is O=C(CCNCc1ccsc1)N1CCc2nc(SC3CCC3)n(-c3ccccc3)c(=O)c2C1. The number of para-hydroxylation sites is 1. The highest BCUT2D eigenvalue weighted by atomic mass is 32.2. The van der Waals surface area contributed by atoms with Crippen molar-refractivity contribution in [3.63, 3.8) is 0 Å². The first-order chi connectivity index (χ1) is 16.2. The Kier molecular flexibility index (Phi) is 6.94. The number of hydrogen-bond donors (Lipinski definition) is 1. The van der Waals surface area contributed by atoms with Crippen LogP contribution >= 0.6 is 23.1 Å². The average Bonchev–Trinajstić information content (AvgIpc) is 3.33. The van der Waals surface area contributed by atoms with Gasteiger partial charge in [-0.15, -0.1) is 0 Å². The lowest BCUT2D eigenvalue weighted by molar-refractivity contribution is -0.132. The van der Waals surface area contributed by atoms with Crippen molar-refractivity contribution in [3.05, 3.63) is 74.3 Å². The first-order valence-corrected chi connectivity index (χ1v) is 13.4. The van der Waals surface area contributed by atoms with Crippen LogP contribution in [0.3, 0.4) is 0 Å². The van der Waals surface area contributed by atoms with Crippen molar-refractivity contribution in [1.29, 1.82) is 0 Å². The minimum atomic E-state index is -0.0406. The van der Waals surface area contributed by atoms with Crippen LogP contribution in [0, 0.1) is 0 Å². The summed E-state index contributed by atoms with van der Waals surface area (Å²) in [5, 5.41) is 8.82. The lowest BCUT2D eigenvalue weighted by atomic mass is 10.0. The summed E-state index contributed by atoms with van der Waals surface area (Å²) in [5.41, 5.74) is 3.54. The number of hydrogen-bond acceptors (Lipinski definition) is 6. The summed E-state index contributed by atoms with van der Waals surface area (Å²) in [6.45, 7) is 2.35. The van der Waals surface area contributed by atoms with E-state index in [0.29, 0.717) is 43.3 Å². The molecular weight excluding hydrogens is 452 g/mol. The fourth-order valence-electron chi connectivity index (χ4n) is 4.17. The Hall–Kier alpha value is -2.42. The van der Waals surface area contributed by atoms with Crippen molar-refractivity contribution in [1.82, 2.24) is 19.8 Å². The van der Waals surface area contributed by atoms with Crippen molar-refractivity contribution >= 4 is 29.0 Å². The molecule has 172 valence electrons. The summed E-state index contributed by atoms with van der Waals surface area (Å²) < 4.78 is 1.75. The van der Waals surface area contributed by atoms with Crippen LogP contribution in [0.5, 0.6) is 0 Å². The maximum absolute atomic E-state index is 13.6. The second-order valence-corrected chi connectivity index (χ2v) is 10.6. The van der Waals surface area contributed by atoms with Crippen molar-refractivity contribution < 1.29 is 4.79 Å². The average molecular weight is 481 g/mol. The molecule has 2 aliphatic rings. The van der Waals surface area contributed by atoms with Gasteiger partial charge in [-0.2, -0.15) is 11.3 Å². The molecule has 0 bridgehead atoms. The van der Waals surface area contributed by atoms with Gasteiger partial charge in [0.25, 0.3) is 5.56 Å². The van der Waals surface area contributed by atoms with Gasteiger partial charge in [0.1, 0.15) is 0 Å². The molecule has 3 heterocycles. The summed E-state index contributed by atoms with van der Waals surface area (Å²) in [7, 11) is 0. The minimum Gasteiger partial charge on any atom is -0.338 e. The predicted octanol–water partition coefficient (Wildman–Crippen LogP) is 4.00. The van der Waals surface area contributed by atoms with E-state index in [2.05, 4.69) is 22.1 Å². The van der Waals surface area contributed by atoms with Gasteiger partial charge in [0.2, 0.25) is 5.91 Å². The van der Waals surface area contributed by atoms with Crippen LogP contribution in [0.2, 0.25) is 0 Å². The number of carbonyl (C=O) groups is 1. The van der Waals surface area contributed by atoms with Crippen LogP contribution in [0.25, 0.3) is 5.69 Å². The molecule has 2 aromatic heterocycles. The Balaban J connectivity index is 1.32.